The van der Waals surface area contributed by atoms with Crippen LogP contribution in [0.2, 0.25) is 0 Å². The number of rotatable bonds is 2. The van der Waals surface area contributed by atoms with Crippen molar-refractivity contribution in [1.29, 1.82) is 0 Å². The molecule has 98 valence electrons. The first-order chi connectivity index (χ1) is 8.99. The lowest BCUT2D eigenvalue weighted by Crippen LogP contribution is -2.14. The van der Waals surface area contributed by atoms with Crippen LogP contribution in [0.3, 0.4) is 0 Å². The molecule has 0 spiro atoms. The van der Waals surface area contributed by atoms with E-state index >= 15 is 0 Å². The van der Waals surface area contributed by atoms with Gasteiger partial charge in [-0.1, -0.05) is 6.07 Å². The van der Waals surface area contributed by atoms with Gasteiger partial charge in [0, 0.05) is 4.47 Å². The van der Waals surface area contributed by atoms with Crippen molar-refractivity contribution in [3.63, 3.8) is 0 Å². The number of amides is 1. The Bertz CT molecular complexity index is 626. The Morgan fingerprint density at radius 1 is 1.21 bits per heavy atom. The number of para-hydroxylation sites is 1. The van der Waals surface area contributed by atoms with Crippen molar-refractivity contribution in [2.45, 2.75) is 0 Å². The molecule has 0 atom stereocenters. The molecule has 0 fully saturated rings. The third-order valence-corrected chi connectivity index (χ3v) is 3.07. The molecule has 0 aliphatic heterocycles. The molecule has 3 nitrogen and oxygen atoms in total. The summed E-state index contributed by atoms with van der Waals surface area (Å²) in [5.41, 5.74) is -0.341. The minimum Gasteiger partial charge on any atom is -0.507 e. The summed E-state index contributed by atoms with van der Waals surface area (Å²) in [6.45, 7) is 0. The van der Waals surface area contributed by atoms with Crippen LogP contribution in [0.15, 0.2) is 40.9 Å². The molecule has 2 N–H and O–H groups in total. The van der Waals surface area contributed by atoms with Crippen molar-refractivity contribution in [3.8, 4) is 5.75 Å². The number of carbonyl (C=O) groups excluding carboxylic acids is 1. The molecular formula is C13H8BrF2NO2. The van der Waals surface area contributed by atoms with Gasteiger partial charge in [-0.25, -0.2) is 8.78 Å². The highest BCUT2D eigenvalue weighted by molar-refractivity contribution is 9.10. The number of benzene rings is 2. The van der Waals surface area contributed by atoms with Gasteiger partial charge in [0.25, 0.3) is 5.91 Å². The molecule has 6 heteroatoms. The van der Waals surface area contributed by atoms with Crippen LogP contribution < -0.4 is 5.32 Å². The molecule has 2 aromatic carbocycles. The second-order valence-corrected chi connectivity index (χ2v) is 4.57. The monoisotopic (exact) mass is 327 g/mol. The van der Waals surface area contributed by atoms with Crippen molar-refractivity contribution in [2.75, 3.05) is 5.32 Å². The van der Waals surface area contributed by atoms with Gasteiger partial charge in [0.2, 0.25) is 0 Å². The summed E-state index contributed by atoms with van der Waals surface area (Å²) in [5, 5.41) is 11.8. The Kier molecular flexibility index (Phi) is 3.80. The molecule has 0 aliphatic rings. The zero-order valence-electron chi connectivity index (χ0n) is 9.45. The molecule has 0 unspecified atom stereocenters. The van der Waals surface area contributed by atoms with E-state index in [-0.39, 0.29) is 17.0 Å². The van der Waals surface area contributed by atoms with Gasteiger partial charge in [0.05, 0.1) is 11.3 Å². The van der Waals surface area contributed by atoms with E-state index in [1.54, 1.807) is 6.07 Å². The first-order valence-corrected chi connectivity index (χ1v) is 6.02. The second kappa shape index (κ2) is 5.36. The minimum atomic E-state index is -0.803. The topological polar surface area (TPSA) is 49.3 Å². The van der Waals surface area contributed by atoms with Crippen LogP contribution in [0.5, 0.6) is 5.75 Å². The SMILES string of the molecule is O=C(Nc1c(F)cccc1Br)c1cc(F)ccc1O. The lowest BCUT2D eigenvalue weighted by molar-refractivity contribution is 0.102. The van der Waals surface area contributed by atoms with Gasteiger partial charge < -0.3 is 10.4 Å². The highest BCUT2D eigenvalue weighted by Gasteiger charge is 2.15. The van der Waals surface area contributed by atoms with Crippen molar-refractivity contribution >= 4 is 27.5 Å². The number of phenolic OH excluding ortho intramolecular Hbond substituents is 1. The van der Waals surface area contributed by atoms with E-state index in [2.05, 4.69) is 21.2 Å². The predicted octanol–water partition coefficient (Wildman–Crippen LogP) is 3.69. The van der Waals surface area contributed by atoms with E-state index in [1.807, 2.05) is 0 Å². The van der Waals surface area contributed by atoms with Crippen LogP contribution >= 0.6 is 15.9 Å². The van der Waals surface area contributed by atoms with Crippen molar-refractivity contribution in [3.05, 3.63) is 58.1 Å². The number of hydrogen-bond acceptors (Lipinski definition) is 2. The predicted molar refractivity (Wildman–Crippen MR) is 70.1 cm³/mol. The Labute approximate surface area is 116 Å². The maximum absolute atomic E-state index is 13.5. The molecule has 0 saturated carbocycles. The van der Waals surface area contributed by atoms with Gasteiger partial charge in [0.15, 0.2) is 0 Å². The molecular weight excluding hydrogens is 320 g/mol. The lowest BCUT2D eigenvalue weighted by Gasteiger charge is -2.09. The van der Waals surface area contributed by atoms with E-state index in [0.717, 1.165) is 18.2 Å². The summed E-state index contributed by atoms with van der Waals surface area (Å²) in [5.74, 6) is -2.50. The summed E-state index contributed by atoms with van der Waals surface area (Å²) >= 11 is 3.09. The molecule has 0 bridgehead atoms. The van der Waals surface area contributed by atoms with Crippen molar-refractivity contribution in [2.24, 2.45) is 0 Å². The fourth-order valence-corrected chi connectivity index (χ4v) is 1.93. The number of aromatic hydroxyl groups is 1. The third kappa shape index (κ3) is 2.90. The smallest absolute Gasteiger partial charge is 0.259 e. The summed E-state index contributed by atoms with van der Waals surface area (Å²) in [6.07, 6.45) is 0. The van der Waals surface area contributed by atoms with Crippen LogP contribution in [0.4, 0.5) is 14.5 Å². The van der Waals surface area contributed by atoms with Crippen molar-refractivity contribution in [1.82, 2.24) is 0 Å². The van der Waals surface area contributed by atoms with E-state index in [4.69, 9.17) is 0 Å². The molecule has 0 aliphatic carbocycles. The van der Waals surface area contributed by atoms with Crippen molar-refractivity contribution < 1.29 is 18.7 Å². The molecule has 19 heavy (non-hydrogen) atoms. The number of phenols is 1. The van der Waals surface area contributed by atoms with E-state index in [9.17, 15) is 18.7 Å². The van der Waals surface area contributed by atoms with E-state index in [1.165, 1.54) is 12.1 Å². The van der Waals surface area contributed by atoms with Gasteiger partial charge in [-0.05, 0) is 46.3 Å². The van der Waals surface area contributed by atoms with Gasteiger partial charge >= 0.3 is 0 Å². The Morgan fingerprint density at radius 2 is 1.95 bits per heavy atom. The Morgan fingerprint density at radius 3 is 2.63 bits per heavy atom. The fourth-order valence-electron chi connectivity index (χ4n) is 1.49. The number of hydrogen-bond donors (Lipinski definition) is 2. The molecule has 2 rings (SSSR count). The standard InChI is InChI=1S/C13H8BrF2NO2/c14-9-2-1-3-10(16)12(9)17-13(19)8-6-7(15)4-5-11(8)18/h1-6,18H,(H,17,19). The molecule has 1 amide bonds. The summed E-state index contributed by atoms with van der Waals surface area (Å²) in [6, 6.07) is 7.13. The summed E-state index contributed by atoms with van der Waals surface area (Å²) in [7, 11) is 0. The van der Waals surface area contributed by atoms with E-state index < -0.39 is 17.5 Å². The van der Waals surface area contributed by atoms with E-state index in [0.29, 0.717) is 4.47 Å². The number of carbonyl (C=O) groups is 1. The average molecular weight is 328 g/mol. The van der Waals surface area contributed by atoms with Crippen LogP contribution in [-0.2, 0) is 0 Å². The average Bonchev–Trinajstić information content (AvgIpc) is 2.37. The number of anilines is 1. The third-order valence-electron chi connectivity index (χ3n) is 2.40. The Balaban J connectivity index is 2.34. The highest BCUT2D eigenvalue weighted by atomic mass is 79.9. The number of halogens is 3. The first-order valence-electron chi connectivity index (χ1n) is 5.23. The minimum absolute atomic E-state index is 0.0730. The number of nitrogens with one attached hydrogen (secondary N) is 1. The van der Waals surface area contributed by atoms with Gasteiger partial charge in [-0.15, -0.1) is 0 Å². The van der Waals surface area contributed by atoms with Crippen LogP contribution in [-0.4, -0.2) is 11.0 Å². The largest absolute Gasteiger partial charge is 0.507 e. The molecule has 2 aromatic rings. The van der Waals surface area contributed by atoms with Crippen LogP contribution in [0.1, 0.15) is 10.4 Å². The highest BCUT2D eigenvalue weighted by Crippen LogP contribution is 2.27. The quantitative estimate of drug-likeness (QED) is 0.883. The molecule has 0 heterocycles. The maximum atomic E-state index is 13.5. The summed E-state index contributed by atoms with van der Waals surface area (Å²) in [4.78, 5) is 11.9. The van der Waals surface area contributed by atoms with Gasteiger partial charge in [-0.2, -0.15) is 0 Å². The van der Waals surface area contributed by atoms with Gasteiger partial charge in [-0.3, -0.25) is 4.79 Å². The summed E-state index contributed by atoms with van der Waals surface area (Å²) < 4.78 is 26.9. The normalized spacial score (nSPS) is 10.3. The zero-order chi connectivity index (χ0) is 14.0. The first kappa shape index (κ1) is 13.5. The molecule has 0 saturated heterocycles. The van der Waals surface area contributed by atoms with Gasteiger partial charge in [0.1, 0.15) is 17.4 Å². The molecule has 0 aromatic heterocycles. The lowest BCUT2D eigenvalue weighted by atomic mass is 10.1. The second-order valence-electron chi connectivity index (χ2n) is 3.71. The fraction of sp³-hybridized carbons (Fsp3) is 0. The molecule has 0 radical (unpaired) electrons. The van der Waals surface area contributed by atoms with Crippen LogP contribution in [0, 0.1) is 11.6 Å². The maximum Gasteiger partial charge on any atom is 0.259 e. The Hall–Kier alpha value is -1.95. The zero-order valence-corrected chi connectivity index (χ0v) is 11.0. The van der Waals surface area contributed by atoms with Crippen LogP contribution in [0.25, 0.3) is 0 Å².